The number of carbonyl (C=O) groups excluding carboxylic acids is 2. The van der Waals surface area contributed by atoms with Gasteiger partial charge in [0.1, 0.15) is 11.5 Å². The van der Waals surface area contributed by atoms with Gasteiger partial charge in [-0.1, -0.05) is 32.0 Å². The minimum atomic E-state index is -1.15. The second-order valence-corrected chi connectivity index (χ2v) is 16.6. The van der Waals surface area contributed by atoms with E-state index in [1.54, 1.807) is 28.3 Å². The number of nitrogen functional groups attached to an aromatic ring is 1. The van der Waals surface area contributed by atoms with Crippen molar-refractivity contribution in [2.75, 3.05) is 81.2 Å². The molecule has 4 aliphatic heterocycles. The summed E-state index contributed by atoms with van der Waals surface area (Å²) in [6.07, 6.45) is 3.99. The Morgan fingerprint density at radius 3 is 2.32 bits per heavy atom. The molecule has 318 valence electrons. The lowest BCUT2D eigenvalue weighted by Gasteiger charge is -2.43. The predicted molar refractivity (Wildman–Crippen MR) is 221 cm³/mol. The number of nitrogens with two attached hydrogens (primary N) is 1. The van der Waals surface area contributed by atoms with Crippen molar-refractivity contribution >= 4 is 29.7 Å². The lowest BCUT2D eigenvalue weighted by molar-refractivity contribution is -0.139. The zero-order chi connectivity index (χ0) is 42.1. The van der Waals surface area contributed by atoms with Gasteiger partial charge in [-0.25, -0.2) is 9.97 Å². The third kappa shape index (κ3) is 8.77. The molecule has 2 amide bonds. The summed E-state index contributed by atoms with van der Waals surface area (Å²) in [7, 11) is 0. The highest BCUT2D eigenvalue weighted by Gasteiger charge is 2.39. The number of aromatic nitrogens is 5. The van der Waals surface area contributed by atoms with Crippen LogP contribution in [0.2, 0.25) is 0 Å². The molecule has 2 aromatic carbocycles. The smallest absolute Gasteiger partial charge is 0.258 e. The maximum absolute atomic E-state index is 13.7. The van der Waals surface area contributed by atoms with Crippen molar-refractivity contribution < 1.29 is 34.8 Å². The molecule has 0 radical (unpaired) electrons. The Balaban J connectivity index is 0.861. The number of hydrogen-bond acceptors (Lipinski definition) is 16. The molecule has 0 unspecified atom stereocenters. The molecule has 1 atom stereocenters. The Morgan fingerprint density at radius 2 is 1.60 bits per heavy atom. The summed E-state index contributed by atoms with van der Waals surface area (Å²) in [6, 6.07) is 8.57. The Hall–Kier alpha value is -5.69. The predicted octanol–water partition coefficient (Wildman–Crippen LogP) is 1.86. The van der Waals surface area contributed by atoms with Gasteiger partial charge in [-0.2, -0.15) is 15.0 Å². The van der Waals surface area contributed by atoms with Crippen molar-refractivity contribution in [2.24, 2.45) is 0 Å². The van der Waals surface area contributed by atoms with Gasteiger partial charge in [-0.3, -0.25) is 14.5 Å². The number of carbonyl (C=O) groups is 2. The largest absolute Gasteiger partial charge is 0.508 e. The van der Waals surface area contributed by atoms with E-state index in [0.29, 0.717) is 114 Å². The second kappa shape index (κ2) is 17.1. The van der Waals surface area contributed by atoms with Crippen LogP contribution >= 0.6 is 0 Å². The Kier molecular flexibility index (Phi) is 11.7. The highest BCUT2D eigenvalue weighted by Crippen LogP contribution is 2.35. The van der Waals surface area contributed by atoms with Gasteiger partial charge in [0, 0.05) is 83.9 Å². The molecule has 0 saturated carbocycles. The molecule has 0 spiro atoms. The summed E-state index contributed by atoms with van der Waals surface area (Å²) < 4.78 is 5.53. The number of ether oxygens (including phenoxy) is 1. The Morgan fingerprint density at radius 1 is 0.883 bits per heavy atom. The van der Waals surface area contributed by atoms with Crippen molar-refractivity contribution in [3.8, 4) is 22.9 Å². The number of amides is 2. The van der Waals surface area contributed by atoms with Gasteiger partial charge in [0.25, 0.3) is 5.91 Å². The fourth-order valence-corrected chi connectivity index (χ4v) is 8.51. The second-order valence-electron chi connectivity index (χ2n) is 16.6. The fourth-order valence-electron chi connectivity index (χ4n) is 8.51. The highest BCUT2D eigenvalue weighted by atomic mass is 16.5. The van der Waals surface area contributed by atoms with Crippen LogP contribution in [0.5, 0.6) is 11.5 Å². The number of morpholine rings is 1. The number of benzene rings is 2. The van der Waals surface area contributed by atoms with Crippen molar-refractivity contribution in [3.05, 3.63) is 70.5 Å². The molecular formula is C42H53N11O7. The van der Waals surface area contributed by atoms with Crippen LogP contribution in [0.3, 0.4) is 0 Å². The van der Waals surface area contributed by atoms with Crippen LogP contribution in [0.15, 0.2) is 42.7 Å². The van der Waals surface area contributed by atoms with Crippen LogP contribution in [0.25, 0.3) is 11.4 Å². The minimum absolute atomic E-state index is 0.00876. The van der Waals surface area contributed by atoms with Crippen molar-refractivity contribution in [3.63, 3.8) is 0 Å². The highest BCUT2D eigenvalue weighted by molar-refractivity contribution is 5.97. The van der Waals surface area contributed by atoms with E-state index in [1.807, 2.05) is 29.7 Å². The standard InChI is InChI=1S/C42H53N11O7/c1-26(2)32-16-33(35(56)17-34(32)55)38(58)52-22-28-4-3-27(15-29(28)23-52)21-49-7-5-42(59,6-8-49)18-36(57)51-9-10-53(31(24-51)25-54)41-47-37(30-19-44-39(43)45-20-30)46-40(48-41)50-11-13-60-14-12-50/h3-4,15-17,19-20,26,31,54-56,59H,5-14,18,21-25H2,1-2H3,(H2,43,44,45)/t31-/m1/s1. The van der Waals surface area contributed by atoms with Gasteiger partial charge in [-0.05, 0) is 47.1 Å². The molecule has 3 saturated heterocycles. The summed E-state index contributed by atoms with van der Waals surface area (Å²) in [6.45, 7) is 9.64. The third-order valence-corrected chi connectivity index (χ3v) is 12.1. The Bertz CT molecular complexity index is 2210. The lowest BCUT2D eigenvalue weighted by Crippen LogP contribution is -2.58. The van der Waals surface area contributed by atoms with Gasteiger partial charge in [0.15, 0.2) is 5.82 Å². The summed E-state index contributed by atoms with van der Waals surface area (Å²) in [5.41, 5.74) is 9.13. The van der Waals surface area contributed by atoms with Crippen LogP contribution in [0, 0.1) is 0 Å². The van der Waals surface area contributed by atoms with E-state index in [4.69, 9.17) is 25.4 Å². The van der Waals surface area contributed by atoms with Crippen LogP contribution < -0.4 is 15.5 Å². The summed E-state index contributed by atoms with van der Waals surface area (Å²) in [5, 5.41) is 43.0. The number of aliphatic hydroxyl groups is 2. The number of anilines is 3. The van der Waals surface area contributed by atoms with E-state index in [9.17, 15) is 30.0 Å². The first kappa shape index (κ1) is 41.1. The zero-order valence-electron chi connectivity index (χ0n) is 34.1. The van der Waals surface area contributed by atoms with Crippen LogP contribution in [0.4, 0.5) is 17.8 Å². The molecule has 4 aromatic rings. The Labute approximate surface area is 348 Å². The first-order valence-electron chi connectivity index (χ1n) is 20.6. The molecule has 60 heavy (non-hydrogen) atoms. The van der Waals surface area contributed by atoms with Gasteiger partial charge < -0.3 is 50.5 Å². The maximum atomic E-state index is 13.7. The third-order valence-electron chi connectivity index (χ3n) is 12.1. The molecule has 0 aliphatic carbocycles. The fraction of sp³-hybridized carbons (Fsp3) is 0.500. The quantitative estimate of drug-likeness (QED) is 0.154. The van der Waals surface area contributed by atoms with Crippen LogP contribution in [-0.4, -0.2) is 149 Å². The van der Waals surface area contributed by atoms with E-state index in [-0.39, 0.29) is 60.3 Å². The summed E-state index contributed by atoms with van der Waals surface area (Å²) in [5.74, 6) is 0.627. The molecule has 3 fully saturated rings. The summed E-state index contributed by atoms with van der Waals surface area (Å²) >= 11 is 0. The van der Waals surface area contributed by atoms with Crippen molar-refractivity contribution in [2.45, 2.75) is 70.3 Å². The number of fused-ring (bicyclic) bond motifs is 1. The van der Waals surface area contributed by atoms with Crippen molar-refractivity contribution in [1.29, 1.82) is 0 Å². The van der Waals surface area contributed by atoms with Gasteiger partial charge >= 0.3 is 0 Å². The number of piperidine rings is 1. The van der Waals surface area contributed by atoms with E-state index in [2.05, 4.69) is 27.0 Å². The van der Waals surface area contributed by atoms with E-state index >= 15 is 0 Å². The average molecular weight is 824 g/mol. The van der Waals surface area contributed by atoms with E-state index < -0.39 is 11.6 Å². The molecule has 18 heteroatoms. The number of piperazine rings is 1. The molecule has 4 aliphatic rings. The first-order valence-corrected chi connectivity index (χ1v) is 20.6. The number of likely N-dealkylation sites (tertiary alicyclic amines) is 1. The molecule has 6 N–H and O–H groups in total. The maximum Gasteiger partial charge on any atom is 0.258 e. The zero-order valence-corrected chi connectivity index (χ0v) is 34.1. The van der Waals surface area contributed by atoms with Crippen LogP contribution in [-0.2, 0) is 29.2 Å². The number of aliphatic hydroxyl groups excluding tert-OH is 1. The normalized spacial score (nSPS) is 19.5. The number of aromatic hydroxyl groups is 2. The van der Waals surface area contributed by atoms with Crippen LogP contribution in [0.1, 0.15) is 71.6 Å². The number of phenolic OH excluding ortho intramolecular Hbond substituents is 2. The van der Waals surface area contributed by atoms with E-state index in [1.165, 1.54) is 6.07 Å². The number of phenols is 2. The molecule has 8 rings (SSSR count). The monoisotopic (exact) mass is 823 g/mol. The van der Waals surface area contributed by atoms with Crippen molar-refractivity contribution in [1.82, 2.24) is 39.6 Å². The van der Waals surface area contributed by atoms with Gasteiger partial charge in [-0.15, -0.1) is 0 Å². The topological polar surface area (TPSA) is 231 Å². The molecule has 2 aromatic heterocycles. The number of hydrogen-bond donors (Lipinski definition) is 5. The summed E-state index contributed by atoms with van der Waals surface area (Å²) in [4.78, 5) is 59.3. The van der Waals surface area contributed by atoms with E-state index in [0.717, 1.165) is 16.7 Å². The SMILES string of the molecule is CC(C)c1cc(C(=O)N2Cc3ccc(CN4CCC(O)(CC(=O)N5CCN(c6nc(-c7cnc(N)nc7)nc(N7CCOCC7)n6)[C@@H](CO)C5)CC4)cc3C2)c(O)cc1O. The average Bonchev–Trinajstić information content (AvgIpc) is 3.68. The molecule has 6 heterocycles. The van der Waals surface area contributed by atoms with Gasteiger partial charge in [0.05, 0.1) is 49.0 Å². The molecular weight excluding hydrogens is 771 g/mol. The minimum Gasteiger partial charge on any atom is -0.508 e. The number of nitrogens with zero attached hydrogens (tertiary/aromatic N) is 10. The van der Waals surface area contributed by atoms with Gasteiger partial charge in [0.2, 0.25) is 23.8 Å². The first-order chi connectivity index (χ1) is 28.9. The number of rotatable bonds is 10. The molecule has 0 bridgehead atoms. The lowest BCUT2D eigenvalue weighted by atomic mass is 9.87. The molecule has 18 nitrogen and oxygen atoms in total.